The monoisotopic (exact) mass is 294 g/mol. The summed E-state index contributed by atoms with van der Waals surface area (Å²) in [5, 5.41) is 8.66. The number of aromatic nitrogens is 2. The van der Waals surface area contributed by atoms with Crippen molar-refractivity contribution in [1.82, 2.24) is 9.78 Å². The van der Waals surface area contributed by atoms with Crippen LogP contribution in [-0.4, -0.2) is 21.4 Å². The highest BCUT2D eigenvalue weighted by Gasteiger charge is 2.29. The van der Waals surface area contributed by atoms with Crippen molar-refractivity contribution in [3.8, 4) is 0 Å². The SMILES string of the molecule is Cn1cc(C2=NN(c3cc(F)c(F)cc3F)C(=O)C2)cn1. The maximum Gasteiger partial charge on any atom is 0.253 e. The highest BCUT2D eigenvalue weighted by molar-refractivity contribution is 6.19. The lowest BCUT2D eigenvalue weighted by atomic mass is 10.1. The van der Waals surface area contributed by atoms with Crippen molar-refractivity contribution >= 4 is 17.3 Å². The van der Waals surface area contributed by atoms with Crippen molar-refractivity contribution in [2.24, 2.45) is 12.1 Å². The van der Waals surface area contributed by atoms with Crippen LogP contribution in [0.4, 0.5) is 18.9 Å². The predicted octanol–water partition coefficient (Wildman–Crippen LogP) is 1.98. The molecule has 5 nitrogen and oxygen atoms in total. The summed E-state index contributed by atoms with van der Waals surface area (Å²) in [7, 11) is 1.70. The Bertz CT molecular complexity index is 769. The maximum absolute atomic E-state index is 13.7. The van der Waals surface area contributed by atoms with Crippen molar-refractivity contribution < 1.29 is 18.0 Å². The Morgan fingerprint density at radius 2 is 1.86 bits per heavy atom. The van der Waals surface area contributed by atoms with E-state index in [1.807, 2.05) is 0 Å². The second kappa shape index (κ2) is 4.72. The third-order valence-corrected chi connectivity index (χ3v) is 3.03. The molecule has 0 spiro atoms. The van der Waals surface area contributed by atoms with Crippen LogP contribution in [0.3, 0.4) is 0 Å². The second-order valence-corrected chi connectivity index (χ2v) is 4.55. The van der Waals surface area contributed by atoms with Gasteiger partial charge in [0.15, 0.2) is 17.5 Å². The molecule has 1 aromatic carbocycles. The fraction of sp³-hybridized carbons (Fsp3) is 0.154. The third-order valence-electron chi connectivity index (χ3n) is 3.03. The van der Waals surface area contributed by atoms with Crippen LogP contribution >= 0.6 is 0 Å². The molecule has 0 fully saturated rings. The van der Waals surface area contributed by atoms with Gasteiger partial charge in [-0.3, -0.25) is 9.48 Å². The summed E-state index contributed by atoms with van der Waals surface area (Å²) < 4.78 is 41.4. The minimum absolute atomic E-state index is 0.0653. The van der Waals surface area contributed by atoms with E-state index < -0.39 is 29.0 Å². The first kappa shape index (κ1) is 13.3. The maximum atomic E-state index is 13.7. The van der Waals surface area contributed by atoms with E-state index in [4.69, 9.17) is 0 Å². The molecule has 3 rings (SSSR count). The van der Waals surface area contributed by atoms with Crippen LogP contribution in [0.2, 0.25) is 0 Å². The number of hydrazone groups is 1. The van der Waals surface area contributed by atoms with Crippen molar-refractivity contribution in [2.45, 2.75) is 6.42 Å². The van der Waals surface area contributed by atoms with Crippen molar-refractivity contribution in [3.63, 3.8) is 0 Å². The van der Waals surface area contributed by atoms with E-state index in [0.29, 0.717) is 23.4 Å². The normalized spacial score (nSPS) is 14.8. The fourth-order valence-corrected chi connectivity index (χ4v) is 2.02. The summed E-state index contributed by atoms with van der Waals surface area (Å²) in [4.78, 5) is 11.9. The summed E-state index contributed by atoms with van der Waals surface area (Å²) in [5.74, 6) is -4.15. The molecular formula is C13H9F3N4O. The van der Waals surface area contributed by atoms with E-state index in [9.17, 15) is 18.0 Å². The van der Waals surface area contributed by atoms with E-state index >= 15 is 0 Å². The minimum atomic E-state index is -1.32. The molecule has 0 saturated heterocycles. The summed E-state index contributed by atoms with van der Waals surface area (Å²) in [5.41, 5.74) is 0.575. The standard InChI is InChI=1S/C13H9F3N4O/c1-19-6-7(5-17-19)11-4-13(21)20(18-11)12-3-9(15)8(14)2-10(12)16/h2-3,5-6H,4H2,1H3. The van der Waals surface area contributed by atoms with Gasteiger partial charge in [-0.1, -0.05) is 0 Å². The summed E-state index contributed by atoms with van der Waals surface area (Å²) in [6.45, 7) is 0. The third kappa shape index (κ3) is 2.28. The lowest BCUT2D eigenvalue weighted by Gasteiger charge is -2.12. The first-order valence-electron chi connectivity index (χ1n) is 5.99. The molecule has 0 aliphatic carbocycles. The van der Waals surface area contributed by atoms with Gasteiger partial charge < -0.3 is 0 Å². The van der Waals surface area contributed by atoms with Crippen molar-refractivity contribution in [2.75, 3.05) is 5.01 Å². The van der Waals surface area contributed by atoms with Gasteiger partial charge in [0, 0.05) is 30.9 Å². The van der Waals surface area contributed by atoms with Crippen LogP contribution in [-0.2, 0) is 11.8 Å². The van der Waals surface area contributed by atoms with E-state index in [1.54, 1.807) is 13.2 Å². The molecule has 1 aliphatic heterocycles. The molecule has 0 saturated carbocycles. The van der Waals surface area contributed by atoms with Gasteiger partial charge in [0.25, 0.3) is 5.91 Å². The first-order valence-corrected chi connectivity index (χ1v) is 5.99. The number of aryl methyl sites for hydroxylation is 1. The minimum Gasteiger partial charge on any atom is -0.275 e. The highest BCUT2D eigenvalue weighted by Crippen LogP contribution is 2.27. The molecule has 0 N–H and O–H groups in total. The molecule has 0 unspecified atom stereocenters. The molecule has 1 aliphatic rings. The summed E-state index contributed by atoms with van der Waals surface area (Å²) in [6.07, 6.45) is 3.10. The average Bonchev–Trinajstić information content (AvgIpc) is 3.00. The molecule has 1 amide bonds. The molecule has 21 heavy (non-hydrogen) atoms. The lowest BCUT2D eigenvalue weighted by Crippen LogP contribution is -2.21. The van der Waals surface area contributed by atoms with E-state index in [0.717, 1.165) is 5.01 Å². The lowest BCUT2D eigenvalue weighted by molar-refractivity contribution is -0.116. The number of nitrogens with zero attached hydrogens (tertiary/aromatic N) is 4. The summed E-state index contributed by atoms with van der Waals surface area (Å²) in [6, 6.07) is 0.994. The number of hydrogen-bond acceptors (Lipinski definition) is 3. The van der Waals surface area contributed by atoms with Gasteiger partial charge >= 0.3 is 0 Å². The van der Waals surface area contributed by atoms with Gasteiger partial charge in [-0.05, 0) is 0 Å². The molecule has 2 heterocycles. The molecule has 0 atom stereocenters. The largest absolute Gasteiger partial charge is 0.275 e. The van der Waals surface area contributed by atoms with Gasteiger partial charge in [0.05, 0.1) is 18.3 Å². The second-order valence-electron chi connectivity index (χ2n) is 4.55. The van der Waals surface area contributed by atoms with E-state index in [2.05, 4.69) is 10.2 Å². The van der Waals surface area contributed by atoms with Crippen molar-refractivity contribution in [3.05, 3.63) is 47.5 Å². The average molecular weight is 294 g/mol. The number of amides is 1. The van der Waals surface area contributed by atoms with Crippen LogP contribution in [0, 0.1) is 17.5 Å². The van der Waals surface area contributed by atoms with Crippen LogP contribution in [0.15, 0.2) is 29.6 Å². The number of halogens is 3. The Hall–Kier alpha value is -2.64. The number of benzene rings is 1. The zero-order chi connectivity index (χ0) is 15.1. The number of carbonyl (C=O) groups excluding carboxylic acids is 1. The van der Waals surface area contributed by atoms with E-state index in [1.165, 1.54) is 10.9 Å². The number of anilines is 1. The van der Waals surface area contributed by atoms with Gasteiger partial charge in [0.1, 0.15) is 5.69 Å². The van der Waals surface area contributed by atoms with Gasteiger partial charge in [-0.15, -0.1) is 0 Å². The Kier molecular flexibility index (Phi) is 3.00. The predicted molar refractivity (Wildman–Crippen MR) is 68.2 cm³/mol. The molecular weight excluding hydrogens is 285 g/mol. The van der Waals surface area contributed by atoms with Crippen LogP contribution in [0.25, 0.3) is 0 Å². The Labute approximate surface area is 117 Å². The Balaban J connectivity index is 2.01. The van der Waals surface area contributed by atoms with Crippen molar-refractivity contribution in [1.29, 1.82) is 0 Å². The quantitative estimate of drug-likeness (QED) is 0.795. The zero-order valence-corrected chi connectivity index (χ0v) is 10.8. The molecule has 1 aromatic heterocycles. The van der Waals surface area contributed by atoms with Gasteiger partial charge in [0.2, 0.25) is 0 Å². The molecule has 108 valence electrons. The Morgan fingerprint density at radius 3 is 2.52 bits per heavy atom. The molecule has 2 aromatic rings. The number of carbonyl (C=O) groups is 1. The molecule has 0 bridgehead atoms. The number of hydrogen-bond donors (Lipinski definition) is 0. The van der Waals surface area contributed by atoms with Crippen LogP contribution < -0.4 is 5.01 Å². The molecule has 8 heteroatoms. The van der Waals surface area contributed by atoms with Gasteiger partial charge in [-0.25, -0.2) is 13.2 Å². The van der Waals surface area contributed by atoms with Gasteiger partial charge in [-0.2, -0.15) is 15.2 Å². The fourth-order valence-electron chi connectivity index (χ4n) is 2.02. The number of rotatable bonds is 2. The Morgan fingerprint density at radius 1 is 1.14 bits per heavy atom. The summed E-state index contributed by atoms with van der Waals surface area (Å²) >= 11 is 0. The first-order chi connectivity index (χ1) is 9.95. The smallest absolute Gasteiger partial charge is 0.253 e. The topological polar surface area (TPSA) is 50.5 Å². The van der Waals surface area contributed by atoms with Crippen LogP contribution in [0.1, 0.15) is 12.0 Å². The van der Waals surface area contributed by atoms with Crippen LogP contribution in [0.5, 0.6) is 0 Å². The molecule has 0 radical (unpaired) electrons. The van der Waals surface area contributed by atoms with E-state index in [-0.39, 0.29) is 6.42 Å². The highest BCUT2D eigenvalue weighted by atomic mass is 19.2. The zero-order valence-electron chi connectivity index (χ0n) is 10.8.